The number of hydrogen-bond acceptors (Lipinski definition) is 5. The molecule has 1 N–H and O–H groups in total. The second-order valence-electron chi connectivity index (χ2n) is 9.46. The van der Waals surface area contributed by atoms with Crippen molar-refractivity contribution >= 4 is 21.6 Å². The SMILES string of the molecule is CS(=O)(=O)N1CCC(C(=O)NCc2ccc(CN3CCc4ccccc4C3)cc2)Oc2ccccc21. The molecule has 5 rings (SSSR count). The van der Waals surface area contributed by atoms with Crippen molar-refractivity contribution in [2.45, 2.75) is 38.6 Å². The molecule has 7 nitrogen and oxygen atoms in total. The zero-order valence-electron chi connectivity index (χ0n) is 20.4. The van der Waals surface area contributed by atoms with Crippen molar-refractivity contribution in [3.8, 4) is 5.75 Å². The Morgan fingerprint density at radius 3 is 2.42 bits per heavy atom. The van der Waals surface area contributed by atoms with Crippen LogP contribution in [0.15, 0.2) is 72.8 Å². The maximum atomic E-state index is 12.9. The molecular formula is C28H31N3O4S. The van der Waals surface area contributed by atoms with Gasteiger partial charge in [0.15, 0.2) is 6.10 Å². The minimum absolute atomic E-state index is 0.184. The number of nitrogens with zero attached hydrogens (tertiary/aromatic N) is 2. The van der Waals surface area contributed by atoms with Crippen LogP contribution in [0.5, 0.6) is 5.75 Å². The van der Waals surface area contributed by atoms with Crippen molar-refractivity contribution in [3.05, 3.63) is 95.1 Å². The molecule has 2 aliphatic rings. The summed E-state index contributed by atoms with van der Waals surface area (Å²) in [6.45, 7) is 3.48. The lowest BCUT2D eigenvalue weighted by Crippen LogP contribution is -2.39. The molecule has 8 heteroatoms. The van der Waals surface area contributed by atoms with Crippen LogP contribution >= 0.6 is 0 Å². The monoisotopic (exact) mass is 505 g/mol. The van der Waals surface area contributed by atoms with E-state index in [9.17, 15) is 13.2 Å². The molecular weight excluding hydrogens is 474 g/mol. The molecule has 2 aliphatic heterocycles. The number of carbonyl (C=O) groups is 1. The number of amides is 1. The first kappa shape index (κ1) is 24.3. The van der Waals surface area contributed by atoms with Gasteiger partial charge in [0, 0.05) is 39.1 Å². The summed E-state index contributed by atoms with van der Waals surface area (Å²) in [6.07, 6.45) is 1.75. The molecule has 0 spiro atoms. The molecule has 0 aromatic heterocycles. The lowest BCUT2D eigenvalue weighted by molar-refractivity contribution is -0.128. The number of benzene rings is 3. The molecule has 2 heterocycles. The van der Waals surface area contributed by atoms with E-state index in [4.69, 9.17) is 4.74 Å². The molecule has 0 bridgehead atoms. The van der Waals surface area contributed by atoms with Crippen LogP contribution in [0.1, 0.15) is 28.7 Å². The highest BCUT2D eigenvalue weighted by Crippen LogP contribution is 2.33. The van der Waals surface area contributed by atoms with Gasteiger partial charge in [0.25, 0.3) is 5.91 Å². The zero-order valence-corrected chi connectivity index (χ0v) is 21.2. The van der Waals surface area contributed by atoms with Gasteiger partial charge in [0.1, 0.15) is 5.75 Å². The van der Waals surface area contributed by atoms with Crippen molar-refractivity contribution in [2.24, 2.45) is 0 Å². The molecule has 0 saturated heterocycles. The number of para-hydroxylation sites is 2. The van der Waals surface area contributed by atoms with Crippen molar-refractivity contribution in [2.75, 3.05) is 23.7 Å². The molecule has 0 radical (unpaired) electrons. The number of anilines is 1. The standard InChI is InChI=1S/C28H31N3O4S/c1-36(33,34)31-17-15-27(35-26-9-5-4-8-25(26)31)28(32)29-18-21-10-12-22(13-11-21)19-30-16-14-23-6-2-3-7-24(23)20-30/h2-13,27H,14-20H2,1H3,(H,29,32). The molecule has 36 heavy (non-hydrogen) atoms. The van der Waals surface area contributed by atoms with Gasteiger partial charge in [-0.05, 0) is 40.8 Å². The van der Waals surface area contributed by atoms with Crippen LogP contribution in [0.25, 0.3) is 0 Å². The molecule has 1 amide bonds. The average Bonchev–Trinajstić information content (AvgIpc) is 3.08. The lowest BCUT2D eigenvalue weighted by Gasteiger charge is -2.28. The number of carbonyl (C=O) groups excluding carboxylic acids is 1. The van der Waals surface area contributed by atoms with Gasteiger partial charge < -0.3 is 10.1 Å². The molecule has 0 aliphatic carbocycles. The first-order chi connectivity index (χ1) is 17.4. The van der Waals surface area contributed by atoms with E-state index in [-0.39, 0.29) is 18.9 Å². The van der Waals surface area contributed by atoms with E-state index in [1.165, 1.54) is 21.0 Å². The van der Waals surface area contributed by atoms with Crippen molar-refractivity contribution in [1.82, 2.24) is 10.2 Å². The maximum absolute atomic E-state index is 12.9. The van der Waals surface area contributed by atoms with E-state index < -0.39 is 16.1 Å². The Balaban J connectivity index is 1.17. The van der Waals surface area contributed by atoms with Crippen LogP contribution in [0, 0.1) is 0 Å². The summed E-state index contributed by atoms with van der Waals surface area (Å²) in [5, 5.41) is 2.95. The van der Waals surface area contributed by atoms with Gasteiger partial charge in [0.2, 0.25) is 10.0 Å². The molecule has 1 unspecified atom stereocenters. The predicted octanol–water partition coefficient (Wildman–Crippen LogP) is 3.48. The topological polar surface area (TPSA) is 79.0 Å². The minimum Gasteiger partial charge on any atom is -0.478 e. The molecule has 1 atom stereocenters. The van der Waals surface area contributed by atoms with Crippen LogP contribution in [-0.4, -0.2) is 44.7 Å². The molecule has 3 aromatic carbocycles. The quantitative estimate of drug-likeness (QED) is 0.555. The summed E-state index contributed by atoms with van der Waals surface area (Å²) in [4.78, 5) is 15.4. The molecule has 188 valence electrons. The summed E-state index contributed by atoms with van der Waals surface area (Å²) < 4.78 is 31.8. The molecule has 0 saturated carbocycles. The Bertz CT molecular complexity index is 1340. The fraction of sp³-hybridized carbons (Fsp3) is 0.321. The van der Waals surface area contributed by atoms with Crippen LogP contribution in [0.4, 0.5) is 5.69 Å². The zero-order chi connectivity index (χ0) is 25.1. The van der Waals surface area contributed by atoms with E-state index in [1.807, 2.05) is 12.1 Å². The van der Waals surface area contributed by atoms with Crippen LogP contribution in [-0.2, 0) is 40.9 Å². The Labute approximate surface area is 212 Å². The van der Waals surface area contributed by atoms with Crippen molar-refractivity contribution in [1.29, 1.82) is 0 Å². The summed E-state index contributed by atoms with van der Waals surface area (Å²) >= 11 is 0. The average molecular weight is 506 g/mol. The van der Waals surface area contributed by atoms with Crippen molar-refractivity contribution in [3.63, 3.8) is 0 Å². The van der Waals surface area contributed by atoms with E-state index in [2.05, 4.69) is 46.6 Å². The van der Waals surface area contributed by atoms with Gasteiger partial charge in [-0.15, -0.1) is 0 Å². The van der Waals surface area contributed by atoms with Crippen LogP contribution in [0.3, 0.4) is 0 Å². The Morgan fingerprint density at radius 2 is 1.64 bits per heavy atom. The summed E-state index contributed by atoms with van der Waals surface area (Å²) in [7, 11) is -3.48. The number of sulfonamides is 1. The van der Waals surface area contributed by atoms with Gasteiger partial charge in [-0.3, -0.25) is 14.0 Å². The smallest absolute Gasteiger partial charge is 0.261 e. The van der Waals surface area contributed by atoms with Gasteiger partial charge in [0.05, 0.1) is 11.9 Å². The summed E-state index contributed by atoms with van der Waals surface area (Å²) in [5.74, 6) is 0.140. The Hall–Kier alpha value is -3.36. The highest BCUT2D eigenvalue weighted by atomic mass is 32.2. The predicted molar refractivity (Wildman–Crippen MR) is 140 cm³/mol. The maximum Gasteiger partial charge on any atom is 0.261 e. The highest BCUT2D eigenvalue weighted by molar-refractivity contribution is 7.92. The third-order valence-corrected chi connectivity index (χ3v) is 7.98. The lowest BCUT2D eigenvalue weighted by atomic mass is 9.99. The summed E-state index contributed by atoms with van der Waals surface area (Å²) in [6, 6.07) is 23.9. The van der Waals surface area contributed by atoms with Gasteiger partial charge in [-0.2, -0.15) is 0 Å². The number of fused-ring (bicyclic) bond motifs is 2. The van der Waals surface area contributed by atoms with Crippen molar-refractivity contribution < 1.29 is 17.9 Å². The van der Waals surface area contributed by atoms with Crippen LogP contribution in [0.2, 0.25) is 0 Å². The second kappa shape index (κ2) is 10.3. The first-order valence-electron chi connectivity index (χ1n) is 12.2. The minimum atomic E-state index is -3.48. The number of hydrogen-bond donors (Lipinski definition) is 1. The third kappa shape index (κ3) is 5.55. The Morgan fingerprint density at radius 1 is 0.944 bits per heavy atom. The number of rotatable bonds is 6. The molecule has 3 aromatic rings. The van der Waals surface area contributed by atoms with E-state index in [1.54, 1.807) is 24.3 Å². The van der Waals surface area contributed by atoms with E-state index >= 15 is 0 Å². The van der Waals surface area contributed by atoms with Crippen LogP contribution < -0.4 is 14.4 Å². The normalized spacial score (nSPS) is 17.9. The summed E-state index contributed by atoms with van der Waals surface area (Å²) in [5.41, 5.74) is 5.57. The fourth-order valence-electron chi connectivity index (χ4n) is 4.87. The fourth-order valence-corrected chi connectivity index (χ4v) is 5.82. The van der Waals surface area contributed by atoms with Gasteiger partial charge in [-0.1, -0.05) is 60.7 Å². The first-order valence-corrected chi connectivity index (χ1v) is 14.1. The second-order valence-corrected chi connectivity index (χ2v) is 11.4. The molecule has 0 fully saturated rings. The largest absolute Gasteiger partial charge is 0.478 e. The van der Waals surface area contributed by atoms with E-state index in [0.29, 0.717) is 18.0 Å². The van der Waals surface area contributed by atoms with Gasteiger partial charge in [-0.25, -0.2) is 8.42 Å². The van der Waals surface area contributed by atoms with Gasteiger partial charge >= 0.3 is 0 Å². The number of nitrogens with one attached hydrogen (secondary N) is 1. The van der Waals surface area contributed by atoms with E-state index in [0.717, 1.165) is 37.9 Å². The Kier molecular flexibility index (Phi) is 6.98. The number of ether oxygens (including phenoxy) is 1. The third-order valence-electron chi connectivity index (χ3n) is 6.80. The highest BCUT2D eigenvalue weighted by Gasteiger charge is 2.30.